The van der Waals surface area contributed by atoms with Gasteiger partial charge in [-0.05, 0) is 35.2 Å². The van der Waals surface area contributed by atoms with Crippen molar-refractivity contribution in [3.63, 3.8) is 0 Å². The number of fused-ring (bicyclic) bond motifs is 1. The van der Waals surface area contributed by atoms with Crippen LogP contribution in [-0.2, 0) is 6.42 Å². The zero-order chi connectivity index (χ0) is 11.7. The standard InChI is InChI=1S/C14H11ClN2/c15-14-16-12-8-4-7-11(13(12)17-14)9-10-5-2-1-3-6-10/h1-8H,9H2,(H,16,17). The Morgan fingerprint density at radius 3 is 2.65 bits per heavy atom. The molecule has 0 unspecified atom stereocenters. The van der Waals surface area contributed by atoms with Gasteiger partial charge >= 0.3 is 0 Å². The molecular weight excluding hydrogens is 232 g/mol. The second-order valence-corrected chi connectivity index (χ2v) is 4.36. The van der Waals surface area contributed by atoms with E-state index < -0.39 is 0 Å². The van der Waals surface area contributed by atoms with E-state index in [9.17, 15) is 0 Å². The maximum absolute atomic E-state index is 5.89. The molecule has 84 valence electrons. The largest absolute Gasteiger partial charge is 0.328 e. The van der Waals surface area contributed by atoms with Crippen LogP contribution in [0, 0.1) is 0 Å². The van der Waals surface area contributed by atoms with Crippen molar-refractivity contribution in [1.29, 1.82) is 0 Å². The van der Waals surface area contributed by atoms with Gasteiger partial charge in [-0.3, -0.25) is 0 Å². The zero-order valence-corrected chi connectivity index (χ0v) is 9.91. The molecule has 3 heteroatoms. The molecule has 17 heavy (non-hydrogen) atoms. The quantitative estimate of drug-likeness (QED) is 0.727. The Kier molecular flexibility index (Phi) is 2.57. The number of nitrogens with one attached hydrogen (secondary N) is 1. The predicted molar refractivity (Wildman–Crippen MR) is 70.4 cm³/mol. The number of para-hydroxylation sites is 1. The molecule has 0 aliphatic rings. The lowest BCUT2D eigenvalue weighted by Crippen LogP contribution is -1.89. The van der Waals surface area contributed by atoms with Crippen LogP contribution >= 0.6 is 11.6 Å². The number of hydrogen-bond donors (Lipinski definition) is 1. The van der Waals surface area contributed by atoms with Crippen molar-refractivity contribution in [2.24, 2.45) is 0 Å². The first-order valence-electron chi connectivity index (χ1n) is 5.50. The van der Waals surface area contributed by atoms with Crippen LogP contribution in [0.5, 0.6) is 0 Å². The third kappa shape index (κ3) is 2.04. The van der Waals surface area contributed by atoms with Gasteiger partial charge in [0.05, 0.1) is 11.0 Å². The van der Waals surface area contributed by atoms with Crippen molar-refractivity contribution >= 4 is 22.6 Å². The van der Waals surface area contributed by atoms with E-state index in [2.05, 4.69) is 40.3 Å². The van der Waals surface area contributed by atoms with Crippen LogP contribution in [0.2, 0.25) is 5.28 Å². The highest BCUT2D eigenvalue weighted by atomic mass is 35.5. The minimum atomic E-state index is 0.445. The molecule has 0 amide bonds. The highest BCUT2D eigenvalue weighted by Gasteiger charge is 2.05. The fraction of sp³-hybridized carbons (Fsp3) is 0.0714. The summed E-state index contributed by atoms with van der Waals surface area (Å²) in [7, 11) is 0. The molecule has 1 heterocycles. The number of aromatic nitrogens is 2. The molecule has 3 aromatic rings. The lowest BCUT2D eigenvalue weighted by Gasteiger charge is -2.02. The van der Waals surface area contributed by atoms with E-state index in [-0.39, 0.29) is 0 Å². The van der Waals surface area contributed by atoms with Crippen LogP contribution in [0.15, 0.2) is 48.5 Å². The molecule has 0 atom stereocenters. The first-order chi connectivity index (χ1) is 8.33. The lowest BCUT2D eigenvalue weighted by atomic mass is 10.0. The molecule has 0 radical (unpaired) electrons. The van der Waals surface area contributed by atoms with Crippen LogP contribution in [0.3, 0.4) is 0 Å². The number of aromatic amines is 1. The summed E-state index contributed by atoms with van der Waals surface area (Å²) < 4.78 is 0. The molecule has 0 spiro atoms. The fourth-order valence-corrected chi connectivity index (χ4v) is 2.21. The van der Waals surface area contributed by atoms with Crippen molar-refractivity contribution in [1.82, 2.24) is 9.97 Å². The average Bonchev–Trinajstić information content (AvgIpc) is 2.72. The van der Waals surface area contributed by atoms with E-state index in [0.717, 1.165) is 17.5 Å². The molecule has 1 N–H and O–H groups in total. The lowest BCUT2D eigenvalue weighted by molar-refractivity contribution is 1.20. The summed E-state index contributed by atoms with van der Waals surface area (Å²) in [5, 5.41) is 0.445. The Hall–Kier alpha value is -1.80. The van der Waals surface area contributed by atoms with E-state index in [1.165, 1.54) is 11.1 Å². The number of rotatable bonds is 2. The SMILES string of the molecule is Clc1nc2cccc(Cc3ccccc3)c2[nH]1. The van der Waals surface area contributed by atoms with E-state index >= 15 is 0 Å². The van der Waals surface area contributed by atoms with Gasteiger partial charge in [-0.15, -0.1) is 0 Å². The van der Waals surface area contributed by atoms with Crippen LogP contribution in [0.25, 0.3) is 11.0 Å². The van der Waals surface area contributed by atoms with Crippen molar-refractivity contribution in [2.45, 2.75) is 6.42 Å². The van der Waals surface area contributed by atoms with Crippen LogP contribution in [0.1, 0.15) is 11.1 Å². The average molecular weight is 243 g/mol. The van der Waals surface area contributed by atoms with Gasteiger partial charge in [0.2, 0.25) is 5.28 Å². The second-order valence-electron chi connectivity index (χ2n) is 4.00. The predicted octanol–water partition coefficient (Wildman–Crippen LogP) is 3.81. The first-order valence-corrected chi connectivity index (χ1v) is 5.88. The van der Waals surface area contributed by atoms with Gasteiger partial charge in [-0.1, -0.05) is 42.5 Å². The van der Waals surface area contributed by atoms with Gasteiger partial charge in [0.15, 0.2) is 0 Å². The van der Waals surface area contributed by atoms with Gasteiger partial charge in [0.25, 0.3) is 0 Å². The number of nitrogens with zero attached hydrogens (tertiary/aromatic N) is 1. The molecule has 0 saturated heterocycles. The second kappa shape index (κ2) is 4.22. The summed E-state index contributed by atoms with van der Waals surface area (Å²) >= 11 is 5.89. The Balaban J connectivity index is 2.06. The summed E-state index contributed by atoms with van der Waals surface area (Å²) in [4.78, 5) is 7.33. The number of benzene rings is 2. The number of imidazole rings is 1. The number of hydrogen-bond acceptors (Lipinski definition) is 1. The molecule has 0 fully saturated rings. The molecule has 2 aromatic carbocycles. The summed E-state index contributed by atoms with van der Waals surface area (Å²) in [5.41, 5.74) is 4.45. The molecule has 3 rings (SSSR count). The maximum atomic E-state index is 5.89. The van der Waals surface area contributed by atoms with Gasteiger partial charge in [-0.25, -0.2) is 4.98 Å². The highest BCUT2D eigenvalue weighted by Crippen LogP contribution is 2.21. The van der Waals surface area contributed by atoms with Crippen LogP contribution < -0.4 is 0 Å². The Morgan fingerprint density at radius 1 is 1.00 bits per heavy atom. The summed E-state index contributed by atoms with van der Waals surface area (Å²) in [6.07, 6.45) is 0.886. The van der Waals surface area contributed by atoms with Gasteiger partial charge in [-0.2, -0.15) is 0 Å². The number of halogens is 1. The van der Waals surface area contributed by atoms with Crippen molar-refractivity contribution in [3.8, 4) is 0 Å². The van der Waals surface area contributed by atoms with Crippen molar-refractivity contribution < 1.29 is 0 Å². The Morgan fingerprint density at radius 2 is 1.82 bits per heavy atom. The molecule has 0 bridgehead atoms. The summed E-state index contributed by atoms with van der Waals surface area (Å²) in [6.45, 7) is 0. The minimum absolute atomic E-state index is 0.445. The maximum Gasteiger partial charge on any atom is 0.201 e. The highest BCUT2D eigenvalue weighted by molar-refractivity contribution is 6.29. The molecule has 0 aliphatic carbocycles. The minimum Gasteiger partial charge on any atom is -0.328 e. The smallest absolute Gasteiger partial charge is 0.201 e. The van der Waals surface area contributed by atoms with Crippen LogP contribution in [0.4, 0.5) is 0 Å². The third-order valence-corrected chi connectivity index (χ3v) is 2.99. The van der Waals surface area contributed by atoms with Gasteiger partial charge < -0.3 is 4.98 Å². The molecule has 1 aromatic heterocycles. The topological polar surface area (TPSA) is 28.7 Å². The van der Waals surface area contributed by atoms with Crippen molar-refractivity contribution in [3.05, 3.63) is 64.9 Å². The van der Waals surface area contributed by atoms with Gasteiger partial charge in [0, 0.05) is 0 Å². The molecule has 2 nitrogen and oxygen atoms in total. The van der Waals surface area contributed by atoms with Crippen molar-refractivity contribution in [2.75, 3.05) is 0 Å². The third-order valence-electron chi connectivity index (χ3n) is 2.81. The molecular formula is C14H11ClN2. The Bertz CT molecular complexity index is 644. The molecule has 0 aliphatic heterocycles. The fourth-order valence-electron chi connectivity index (χ4n) is 2.02. The van der Waals surface area contributed by atoms with E-state index in [4.69, 9.17) is 11.6 Å². The van der Waals surface area contributed by atoms with E-state index in [1.54, 1.807) is 0 Å². The van der Waals surface area contributed by atoms with Gasteiger partial charge in [0.1, 0.15) is 0 Å². The number of H-pyrrole nitrogens is 1. The summed E-state index contributed by atoms with van der Waals surface area (Å²) in [5.74, 6) is 0. The van der Waals surface area contributed by atoms with Crippen LogP contribution in [-0.4, -0.2) is 9.97 Å². The molecule has 0 saturated carbocycles. The van der Waals surface area contributed by atoms with E-state index in [0.29, 0.717) is 5.28 Å². The first kappa shape index (κ1) is 10.4. The van der Waals surface area contributed by atoms with E-state index in [1.807, 2.05) is 18.2 Å². The monoisotopic (exact) mass is 242 g/mol. The summed E-state index contributed by atoms with van der Waals surface area (Å²) in [6, 6.07) is 16.4. The normalized spacial score (nSPS) is 10.9. The Labute approximate surface area is 104 Å². The zero-order valence-electron chi connectivity index (χ0n) is 9.15.